The van der Waals surface area contributed by atoms with Gasteiger partial charge in [0.15, 0.2) is 0 Å². The predicted molar refractivity (Wildman–Crippen MR) is 119 cm³/mol. The molecule has 0 aromatic heterocycles. The second-order valence-corrected chi connectivity index (χ2v) is 11.7. The van der Waals surface area contributed by atoms with Crippen LogP contribution in [-0.2, 0) is 49.0 Å². The van der Waals surface area contributed by atoms with Crippen LogP contribution in [0.1, 0.15) is 105 Å². The van der Waals surface area contributed by atoms with Crippen molar-refractivity contribution in [2.75, 3.05) is 13.2 Å². The van der Waals surface area contributed by atoms with Gasteiger partial charge in [-0.2, -0.15) is 4.31 Å². The fourth-order valence-electron chi connectivity index (χ4n) is 2.60. The van der Waals surface area contributed by atoms with E-state index >= 15 is 0 Å². The van der Waals surface area contributed by atoms with Gasteiger partial charge in [-0.3, -0.25) is 13.6 Å². The van der Waals surface area contributed by atoms with Crippen LogP contribution in [-0.4, -0.2) is 31.6 Å². The summed E-state index contributed by atoms with van der Waals surface area (Å²) < 4.78 is 68.3. The molecule has 0 spiro atoms. The van der Waals surface area contributed by atoms with Gasteiger partial charge in [-0.25, -0.2) is 9.13 Å². The van der Waals surface area contributed by atoms with Gasteiger partial charge >= 0.3 is 45.0 Å². The van der Waals surface area contributed by atoms with Gasteiger partial charge in [-0.1, -0.05) is 78.1 Å². The Balaban J connectivity index is 0. The fourth-order valence-corrected chi connectivity index (χ4v) is 5.43. The summed E-state index contributed by atoms with van der Waals surface area (Å²) in [7, 11) is -8.68. The van der Waals surface area contributed by atoms with Crippen molar-refractivity contribution in [3.63, 3.8) is 0 Å². The van der Waals surface area contributed by atoms with Crippen LogP contribution in [0.4, 0.5) is 0 Å². The molecule has 0 radical (unpaired) electrons. The quantitative estimate of drug-likeness (QED) is 0.0928. The van der Waals surface area contributed by atoms with E-state index in [0.29, 0.717) is 12.8 Å². The molecule has 0 aliphatic rings. The summed E-state index contributed by atoms with van der Waals surface area (Å²) in [6.45, 7) is 7.83. The van der Waals surface area contributed by atoms with E-state index < -0.39 is 40.4 Å². The van der Waals surface area contributed by atoms with Crippen LogP contribution in [0.5, 0.6) is 0 Å². The third-order valence-electron chi connectivity index (χ3n) is 4.04. The average molecular weight is 542 g/mol. The van der Waals surface area contributed by atoms with Crippen molar-refractivity contribution in [2.24, 2.45) is 0 Å². The Bertz CT molecular complexity index is 544. The van der Waals surface area contributed by atoms with Crippen molar-refractivity contribution in [3.8, 4) is 0 Å². The molecule has 0 saturated carbocycles. The molecule has 0 rings (SSSR count). The normalized spacial score (nSPS) is 15.0. The van der Waals surface area contributed by atoms with Crippen molar-refractivity contribution in [2.45, 2.75) is 111 Å². The minimum atomic E-state index is -4.52. The molecule has 10 nitrogen and oxygen atoms in total. The molecular formula is C19H44O10P2Ti. The van der Waals surface area contributed by atoms with E-state index in [1.165, 1.54) is 25.7 Å². The standard InChI is InChI=1S/C19H42O7P2.2H2O.O.Ti/c1-5-7-9-11-13-15-17-23-27(20,21)26-28(22,25-19(3)4)24-18-16-14-12-10-8-6-2;;;;/h19H,5-18H2,1-4H3,(H,20,21);2*1H2;;/q;;;;+2/p-2. The Labute approximate surface area is 200 Å². The molecular weight excluding hydrogens is 498 g/mol. The Hall–Kier alpha value is 0.694. The molecule has 194 valence electrons. The van der Waals surface area contributed by atoms with E-state index in [0.717, 1.165) is 38.5 Å². The summed E-state index contributed by atoms with van der Waals surface area (Å²) in [5, 5.41) is 0. The molecule has 0 aromatic rings. The van der Waals surface area contributed by atoms with Gasteiger partial charge in [0.05, 0.1) is 19.3 Å². The van der Waals surface area contributed by atoms with E-state index in [2.05, 4.69) is 13.8 Å². The van der Waals surface area contributed by atoms with Gasteiger partial charge < -0.3 is 4.89 Å². The third-order valence-corrected chi connectivity index (χ3v) is 7.36. The molecule has 0 heterocycles. The van der Waals surface area contributed by atoms with Crippen LogP contribution in [0.25, 0.3) is 0 Å². The summed E-state index contributed by atoms with van der Waals surface area (Å²) >= 11 is -3.58. The first-order valence-electron chi connectivity index (χ1n) is 11.5. The summed E-state index contributed by atoms with van der Waals surface area (Å²) in [6.07, 6.45) is 11.9. The summed E-state index contributed by atoms with van der Waals surface area (Å²) in [6, 6.07) is 0. The molecule has 2 atom stereocenters. The van der Waals surface area contributed by atoms with Gasteiger partial charge in [0.2, 0.25) is 0 Å². The van der Waals surface area contributed by atoms with E-state index in [1.54, 1.807) is 13.8 Å². The van der Waals surface area contributed by atoms with Gasteiger partial charge in [-0.15, -0.1) is 0 Å². The molecule has 32 heavy (non-hydrogen) atoms. The number of unbranched alkanes of at least 4 members (excludes halogenated alkanes) is 10. The SMILES string of the molecule is CCCCCCCCOP(=O)(O)OP(=O)(OCCCCCCCC)OC(C)C.[O]=[Ti]([OH])[OH]. The number of hydrogen-bond acceptors (Lipinski definition) is 7. The Morgan fingerprint density at radius 1 is 0.750 bits per heavy atom. The van der Waals surface area contributed by atoms with Gasteiger partial charge in [0.1, 0.15) is 0 Å². The Morgan fingerprint density at radius 3 is 1.53 bits per heavy atom. The zero-order chi connectivity index (χ0) is 24.9. The van der Waals surface area contributed by atoms with Crippen LogP contribution in [0.15, 0.2) is 0 Å². The van der Waals surface area contributed by atoms with Crippen molar-refractivity contribution in [1.29, 1.82) is 0 Å². The topological polar surface area (TPSA) is 149 Å². The van der Waals surface area contributed by atoms with Gasteiger partial charge in [0.25, 0.3) is 0 Å². The van der Waals surface area contributed by atoms with Crippen molar-refractivity contribution in [1.82, 2.24) is 0 Å². The first kappa shape index (κ1) is 34.9. The molecule has 0 aliphatic carbocycles. The Kier molecular flexibility index (Phi) is 24.2. The van der Waals surface area contributed by atoms with E-state index in [9.17, 15) is 14.0 Å². The first-order chi connectivity index (χ1) is 15.0. The minimum absolute atomic E-state index is 0.0685. The van der Waals surface area contributed by atoms with Gasteiger partial charge in [-0.05, 0) is 26.7 Å². The summed E-state index contributed by atoms with van der Waals surface area (Å²) in [5.41, 5.74) is 0. The second kappa shape index (κ2) is 22.2. The molecule has 0 aromatic carbocycles. The molecule has 3 N–H and O–H groups in total. The van der Waals surface area contributed by atoms with Crippen LogP contribution < -0.4 is 0 Å². The van der Waals surface area contributed by atoms with Gasteiger partial charge in [0, 0.05) is 0 Å². The second-order valence-electron chi connectivity index (χ2n) is 7.64. The molecule has 0 saturated heterocycles. The average Bonchev–Trinajstić information content (AvgIpc) is 2.65. The molecule has 13 heteroatoms. The van der Waals surface area contributed by atoms with Crippen LogP contribution in [0.2, 0.25) is 0 Å². The summed E-state index contributed by atoms with van der Waals surface area (Å²) in [4.78, 5) is 9.88. The Morgan fingerprint density at radius 2 is 1.12 bits per heavy atom. The molecule has 0 aliphatic heterocycles. The maximum atomic E-state index is 12.7. The summed E-state index contributed by atoms with van der Waals surface area (Å²) in [5.74, 6) is 0. The first-order valence-corrected chi connectivity index (χ1v) is 16.5. The van der Waals surface area contributed by atoms with Crippen LogP contribution in [0.3, 0.4) is 0 Å². The van der Waals surface area contributed by atoms with E-state index in [1.807, 2.05) is 0 Å². The van der Waals surface area contributed by atoms with Crippen LogP contribution in [0, 0.1) is 0 Å². The zero-order valence-electron chi connectivity index (χ0n) is 20.1. The monoisotopic (exact) mass is 542 g/mol. The van der Waals surface area contributed by atoms with E-state index in [4.69, 9.17) is 28.6 Å². The fraction of sp³-hybridized carbons (Fsp3) is 1.00. The van der Waals surface area contributed by atoms with E-state index in [-0.39, 0.29) is 13.2 Å². The zero-order valence-corrected chi connectivity index (χ0v) is 23.4. The number of phosphoric acid groups is 2. The van der Waals surface area contributed by atoms with Crippen molar-refractivity contribution >= 4 is 15.6 Å². The van der Waals surface area contributed by atoms with Crippen LogP contribution >= 0.6 is 15.6 Å². The molecule has 0 amide bonds. The number of rotatable bonds is 20. The molecule has 2 unspecified atom stereocenters. The number of hydrogen-bond donors (Lipinski definition) is 3. The maximum absolute atomic E-state index is 12.7. The predicted octanol–water partition coefficient (Wildman–Crippen LogP) is 6.16. The van der Waals surface area contributed by atoms with Crippen molar-refractivity contribution < 1.29 is 61.2 Å². The third kappa shape index (κ3) is 26.9. The molecule has 0 bridgehead atoms. The van der Waals surface area contributed by atoms with Crippen molar-refractivity contribution in [3.05, 3.63) is 0 Å². The number of phosphoric ester groups is 2. The molecule has 0 fully saturated rings.